The Labute approximate surface area is 335 Å². The zero-order valence-electron chi connectivity index (χ0n) is 33.2. The zero-order chi connectivity index (χ0) is 39.7. The second-order valence-corrected chi connectivity index (χ2v) is 15.8. The highest BCUT2D eigenvalue weighted by Crippen LogP contribution is 2.39. The molecule has 0 aliphatic heterocycles. The van der Waals surface area contributed by atoms with Gasteiger partial charge in [-0.3, -0.25) is 4.79 Å². The van der Waals surface area contributed by atoms with Crippen LogP contribution in [0.1, 0.15) is 84.4 Å². The predicted octanol–water partition coefficient (Wildman–Crippen LogP) is 9.60. The number of fused-ring (bicyclic) bond motifs is 1. The van der Waals surface area contributed by atoms with Gasteiger partial charge in [0.25, 0.3) is 0 Å². The number of phenols is 2. The van der Waals surface area contributed by atoms with Crippen molar-refractivity contribution in [3.8, 4) is 23.0 Å². The number of methoxy groups -OCH3 is 1. The summed E-state index contributed by atoms with van der Waals surface area (Å²) in [4.78, 5) is 20.7. The van der Waals surface area contributed by atoms with Gasteiger partial charge in [0.05, 0.1) is 19.3 Å². The first-order chi connectivity index (χ1) is 27.8. The second-order valence-electron chi connectivity index (χ2n) is 15.8. The molecule has 1 saturated carbocycles. The van der Waals surface area contributed by atoms with E-state index in [0.717, 1.165) is 70.7 Å². The zero-order valence-corrected chi connectivity index (χ0v) is 33.2. The number of aliphatic hydroxyl groups is 1. The van der Waals surface area contributed by atoms with E-state index in [4.69, 9.17) is 9.47 Å². The lowest BCUT2D eigenvalue weighted by Crippen LogP contribution is -2.31. The van der Waals surface area contributed by atoms with Gasteiger partial charge in [-0.15, -0.1) is 0 Å². The van der Waals surface area contributed by atoms with Crippen molar-refractivity contribution in [1.29, 1.82) is 0 Å². The summed E-state index contributed by atoms with van der Waals surface area (Å²) in [6, 6.07) is 25.7. The molecule has 7 rings (SSSR count). The maximum absolute atomic E-state index is 14.5. The number of hydrogen-bond acceptors (Lipinski definition) is 6. The first-order valence-electron chi connectivity index (χ1n) is 20.6. The van der Waals surface area contributed by atoms with E-state index in [1.807, 2.05) is 61.2 Å². The molecule has 0 amide bonds. The summed E-state index contributed by atoms with van der Waals surface area (Å²) in [5.74, 6) is 0.345. The van der Waals surface area contributed by atoms with Crippen LogP contribution in [0, 0.1) is 11.8 Å². The number of phenolic OH excluding ortho intramolecular Hbond substituents is 2. The highest BCUT2D eigenvalue weighted by atomic mass is 16.5. The Kier molecular flexibility index (Phi) is 13.0. The molecule has 2 heterocycles. The smallest absolute Gasteiger partial charge is 0.164 e. The molecule has 5 N–H and O–H groups in total. The van der Waals surface area contributed by atoms with Crippen LogP contribution < -0.4 is 9.47 Å². The summed E-state index contributed by atoms with van der Waals surface area (Å²) < 4.78 is 12.2. The largest absolute Gasteiger partial charge is 0.504 e. The molecule has 298 valence electrons. The van der Waals surface area contributed by atoms with E-state index in [1.165, 1.54) is 17.5 Å². The van der Waals surface area contributed by atoms with Crippen molar-refractivity contribution >= 4 is 16.6 Å². The summed E-state index contributed by atoms with van der Waals surface area (Å²) in [6.07, 6.45) is 15.5. The minimum atomic E-state index is -0.942. The van der Waals surface area contributed by atoms with Crippen molar-refractivity contribution in [3.05, 3.63) is 143 Å². The van der Waals surface area contributed by atoms with Crippen LogP contribution in [0.2, 0.25) is 0 Å². The Morgan fingerprint density at radius 2 is 1.47 bits per heavy atom. The Balaban J connectivity index is 1.17. The molecule has 0 bridgehead atoms. The number of rotatable bonds is 18. The number of ketones is 1. The topological polar surface area (TPSA) is 128 Å². The summed E-state index contributed by atoms with van der Waals surface area (Å²) >= 11 is 0. The van der Waals surface area contributed by atoms with Gasteiger partial charge in [0.15, 0.2) is 23.0 Å². The van der Waals surface area contributed by atoms with Crippen molar-refractivity contribution in [1.82, 2.24) is 9.97 Å². The number of aromatic amines is 2. The maximum atomic E-state index is 14.5. The molecule has 0 spiro atoms. The van der Waals surface area contributed by atoms with E-state index in [2.05, 4.69) is 47.2 Å². The standard InChI is InChI=1S/C49H56N2O6/c1-3-35-14-15-36-9-7-8-12-41(36)42(35)28-43-37(16-18-45(53)49(43)56-2)27-39(25-34-20-22-51-31-34)47(55)29-46(54)38(24-33-19-21-50-30-33)23-32-13-17-44(52)48(26-32)57-40-10-5-4-6-11-40/h7-9,12-22,26,30-31,38-40,47,50-53,55H,3-6,10-11,23-25,27-29H2,1-2H3/t38-,39-,47+/m0/s1. The molecular formula is C49H56N2O6. The maximum Gasteiger partial charge on any atom is 0.164 e. The van der Waals surface area contributed by atoms with Gasteiger partial charge in [0.1, 0.15) is 5.78 Å². The third-order valence-corrected chi connectivity index (χ3v) is 12.0. The lowest BCUT2D eigenvalue weighted by Gasteiger charge is -2.27. The Morgan fingerprint density at radius 1 is 0.772 bits per heavy atom. The average Bonchev–Trinajstić information content (AvgIpc) is 3.95. The number of aromatic nitrogens is 2. The normalized spacial score (nSPS) is 15.0. The monoisotopic (exact) mass is 768 g/mol. The summed E-state index contributed by atoms with van der Waals surface area (Å²) in [5.41, 5.74) is 7.23. The van der Waals surface area contributed by atoms with E-state index in [-0.39, 0.29) is 35.7 Å². The quantitative estimate of drug-likeness (QED) is 0.0593. The molecule has 6 aromatic rings. The van der Waals surface area contributed by atoms with Crippen LogP contribution in [0.4, 0.5) is 0 Å². The Bertz CT molecular complexity index is 2220. The number of aromatic hydroxyl groups is 2. The highest BCUT2D eigenvalue weighted by Gasteiger charge is 2.30. The van der Waals surface area contributed by atoms with Crippen molar-refractivity contribution in [2.75, 3.05) is 7.11 Å². The van der Waals surface area contributed by atoms with Gasteiger partial charge in [-0.1, -0.05) is 61.9 Å². The predicted molar refractivity (Wildman–Crippen MR) is 225 cm³/mol. The summed E-state index contributed by atoms with van der Waals surface area (Å²) in [5, 5.41) is 36.2. The molecular weight excluding hydrogens is 713 g/mol. The van der Waals surface area contributed by atoms with Crippen molar-refractivity contribution in [2.24, 2.45) is 11.8 Å². The number of benzene rings is 4. The number of carbonyl (C=O) groups is 1. The van der Waals surface area contributed by atoms with E-state index in [1.54, 1.807) is 19.2 Å². The summed E-state index contributed by atoms with van der Waals surface area (Å²) in [7, 11) is 1.58. The van der Waals surface area contributed by atoms with Crippen LogP contribution in [0.25, 0.3) is 10.8 Å². The van der Waals surface area contributed by atoms with Crippen LogP contribution in [-0.4, -0.2) is 50.4 Å². The number of carbonyl (C=O) groups excluding carboxylic acids is 1. The minimum absolute atomic E-state index is 0.0123. The lowest BCUT2D eigenvalue weighted by molar-refractivity contribution is -0.125. The number of H-pyrrole nitrogens is 2. The van der Waals surface area contributed by atoms with Crippen molar-refractivity contribution in [2.45, 2.75) is 96.2 Å². The number of ether oxygens (including phenoxy) is 2. The van der Waals surface area contributed by atoms with Gasteiger partial charge >= 0.3 is 0 Å². The molecule has 1 aliphatic rings. The highest BCUT2D eigenvalue weighted by molar-refractivity contribution is 5.87. The van der Waals surface area contributed by atoms with Gasteiger partial charge in [0, 0.05) is 49.1 Å². The van der Waals surface area contributed by atoms with Crippen LogP contribution in [-0.2, 0) is 43.3 Å². The molecule has 1 aliphatic carbocycles. The molecule has 0 unspecified atom stereocenters. The third-order valence-electron chi connectivity index (χ3n) is 12.0. The van der Waals surface area contributed by atoms with E-state index >= 15 is 0 Å². The number of hydrogen-bond donors (Lipinski definition) is 5. The fourth-order valence-corrected chi connectivity index (χ4v) is 8.82. The van der Waals surface area contributed by atoms with Crippen molar-refractivity contribution < 1.29 is 29.6 Å². The van der Waals surface area contributed by atoms with E-state index in [9.17, 15) is 20.1 Å². The molecule has 57 heavy (non-hydrogen) atoms. The SMILES string of the molecule is CCc1ccc2ccccc2c1Cc1c(C[C@H](Cc2cc[nH]c2)[C@H](O)CC(=O)[C@H](Cc2cc[nH]c2)Cc2ccc(O)c(OC3CCCCC3)c2)ccc(O)c1OC. The molecule has 0 radical (unpaired) electrons. The Morgan fingerprint density at radius 3 is 2.19 bits per heavy atom. The van der Waals surface area contributed by atoms with Gasteiger partial charge < -0.3 is 34.8 Å². The Hall–Kier alpha value is -5.47. The van der Waals surface area contributed by atoms with Gasteiger partial charge in [-0.25, -0.2) is 0 Å². The second kappa shape index (κ2) is 18.6. The number of aryl methyl sites for hydroxylation is 1. The van der Waals surface area contributed by atoms with Crippen LogP contribution >= 0.6 is 0 Å². The summed E-state index contributed by atoms with van der Waals surface area (Å²) in [6.45, 7) is 2.16. The fourth-order valence-electron chi connectivity index (χ4n) is 8.82. The molecule has 1 fully saturated rings. The molecule has 8 heteroatoms. The molecule has 2 aromatic heterocycles. The number of aliphatic hydroxyl groups excluding tert-OH is 1. The average molecular weight is 769 g/mol. The van der Waals surface area contributed by atoms with Crippen LogP contribution in [0.3, 0.4) is 0 Å². The fraction of sp³-hybridized carbons (Fsp3) is 0.367. The van der Waals surface area contributed by atoms with Crippen molar-refractivity contribution in [3.63, 3.8) is 0 Å². The molecule has 8 nitrogen and oxygen atoms in total. The first kappa shape index (κ1) is 39.8. The minimum Gasteiger partial charge on any atom is -0.504 e. The van der Waals surface area contributed by atoms with E-state index in [0.29, 0.717) is 43.6 Å². The lowest BCUT2D eigenvalue weighted by atomic mass is 9.81. The molecule has 0 saturated heterocycles. The number of Topliss-reactive ketones (excluding diaryl/α,β-unsaturated/α-hetero) is 1. The third kappa shape index (κ3) is 9.74. The van der Waals surface area contributed by atoms with Gasteiger partial charge in [-0.05, 0) is 138 Å². The van der Waals surface area contributed by atoms with Crippen LogP contribution in [0.5, 0.6) is 23.0 Å². The first-order valence-corrected chi connectivity index (χ1v) is 20.6. The van der Waals surface area contributed by atoms with E-state index < -0.39 is 12.0 Å². The molecule has 4 aromatic carbocycles. The van der Waals surface area contributed by atoms with Gasteiger partial charge in [0.2, 0.25) is 0 Å². The molecule has 3 atom stereocenters. The van der Waals surface area contributed by atoms with Crippen LogP contribution in [0.15, 0.2) is 104 Å². The van der Waals surface area contributed by atoms with Gasteiger partial charge in [-0.2, -0.15) is 0 Å². The number of nitrogens with one attached hydrogen (secondary N) is 2.